The number of nitro benzene ring substituents is 1. The van der Waals surface area contributed by atoms with Gasteiger partial charge in [-0.25, -0.2) is 0 Å². The Hall–Kier alpha value is -0.950. The molecule has 0 aliphatic carbocycles. The summed E-state index contributed by atoms with van der Waals surface area (Å²) in [4.78, 5) is 10.4. The average molecular weight is 349 g/mol. The van der Waals surface area contributed by atoms with E-state index in [-0.39, 0.29) is 11.7 Å². The second kappa shape index (κ2) is 7.00. The molecule has 7 heteroatoms. The number of hydrogen-bond acceptors (Lipinski definition) is 4. The maximum atomic E-state index is 11.0. The molecule has 1 aromatic carbocycles. The predicted octanol–water partition coefficient (Wildman–Crippen LogP) is 3.23. The van der Waals surface area contributed by atoms with Gasteiger partial charge in [0.25, 0.3) is 5.69 Å². The van der Waals surface area contributed by atoms with E-state index in [1.165, 1.54) is 6.07 Å². The minimum absolute atomic E-state index is 0.0970. The molecule has 1 N–H and O–H groups in total. The number of nitrogens with zero attached hydrogens (tertiary/aromatic N) is 1. The SMILES string of the molecule is Cc1cc(NC(C)CCS(C)=O)c(Br)cc1[N+](=O)[O-]. The lowest BCUT2D eigenvalue weighted by atomic mass is 10.1. The van der Waals surface area contributed by atoms with Crippen molar-refractivity contribution in [3.63, 3.8) is 0 Å². The zero-order valence-corrected chi connectivity index (χ0v) is 13.5. The number of anilines is 1. The molecule has 0 heterocycles. The van der Waals surface area contributed by atoms with Gasteiger partial charge in [0, 0.05) is 50.6 Å². The molecule has 0 saturated carbocycles. The maximum Gasteiger partial charge on any atom is 0.273 e. The third-order valence-corrected chi connectivity index (χ3v) is 4.19. The van der Waals surface area contributed by atoms with Gasteiger partial charge in [0.1, 0.15) is 0 Å². The van der Waals surface area contributed by atoms with Crippen LogP contribution in [-0.2, 0) is 10.8 Å². The molecule has 0 aromatic heterocycles. The van der Waals surface area contributed by atoms with Gasteiger partial charge in [0.15, 0.2) is 0 Å². The Morgan fingerprint density at radius 1 is 1.53 bits per heavy atom. The number of halogens is 1. The van der Waals surface area contributed by atoms with Gasteiger partial charge in [-0.2, -0.15) is 0 Å². The fourth-order valence-electron chi connectivity index (χ4n) is 1.66. The number of nitro groups is 1. The van der Waals surface area contributed by atoms with E-state index >= 15 is 0 Å². The van der Waals surface area contributed by atoms with Crippen molar-refractivity contribution in [1.82, 2.24) is 0 Å². The molecule has 19 heavy (non-hydrogen) atoms. The van der Waals surface area contributed by atoms with E-state index in [1.807, 2.05) is 6.92 Å². The molecule has 0 saturated heterocycles. The van der Waals surface area contributed by atoms with Crippen molar-refractivity contribution in [3.8, 4) is 0 Å². The van der Waals surface area contributed by atoms with Crippen LogP contribution >= 0.6 is 15.9 Å². The van der Waals surface area contributed by atoms with Gasteiger partial charge in [0.2, 0.25) is 0 Å². The van der Waals surface area contributed by atoms with Crippen LogP contribution in [0.25, 0.3) is 0 Å². The molecule has 0 fully saturated rings. The summed E-state index contributed by atoms with van der Waals surface area (Å²) < 4.78 is 11.7. The first kappa shape index (κ1) is 16.1. The smallest absolute Gasteiger partial charge is 0.273 e. The highest BCUT2D eigenvalue weighted by molar-refractivity contribution is 9.10. The van der Waals surface area contributed by atoms with E-state index in [2.05, 4.69) is 21.2 Å². The first-order chi connectivity index (χ1) is 8.81. The van der Waals surface area contributed by atoms with Crippen LogP contribution in [0.2, 0.25) is 0 Å². The van der Waals surface area contributed by atoms with Crippen molar-refractivity contribution in [2.75, 3.05) is 17.3 Å². The first-order valence-electron chi connectivity index (χ1n) is 5.82. The second-order valence-corrected chi connectivity index (χ2v) is 6.90. The normalized spacial score (nSPS) is 13.9. The number of rotatable bonds is 6. The first-order valence-corrected chi connectivity index (χ1v) is 8.34. The van der Waals surface area contributed by atoms with Gasteiger partial charge in [-0.05, 0) is 42.3 Å². The van der Waals surface area contributed by atoms with E-state index in [9.17, 15) is 14.3 Å². The average Bonchev–Trinajstić information content (AvgIpc) is 2.30. The Labute approximate surface area is 123 Å². The van der Waals surface area contributed by atoms with Gasteiger partial charge in [-0.1, -0.05) is 0 Å². The Kier molecular flexibility index (Phi) is 5.93. The fourth-order valence-corrected chi connectivity index (χ4v) is 2.79. The third-order valence-electron chi connectivity index (χ3n) is 2.72. The summed E-state index contributed by atoms with van der Waals surface area (Å²) in [5.41, 5.74) is 1.53. The summed E-state index contributed by atoms with van der Waals surface area (Å²) in [6.45, 7) is 3.71. The molecular formula is C12H17BrN2O3S. The van der Waals surface area contributed by atoms with E-state index in [0.29, 0.717) is 15.8 Å². The highest BCUT2D eigenvalue weighted by Crippen LogP contribution is 2.31. The number of aryl methyl sites for hydroxylation is 1. The zero-order valence-electron chi connectivity index (χ0n) is 11.1. The van der Waals surface area contributed by atoms with Crippen molar-refractivity contribution in [2.24, 2.45) is 0 Å². The highest BCUT2D eigenvalue weighted by atomic mass is 79.9. The van der Waals surface area contributed by atoms with Crippen molar-refractivity contribution < 1.29 is 9.13 Å². The molecule has 1 aromatic rings. The monoisotopic (exact) mass is 348 g/mol. The van der Waals surface area contributed by atoms with Gasteiger partial charge >= 0.3 is 0 Å². The lowest BCUT2D eigenvalue weighted by Crippen LogP contribution is -2.18. The summed E-state index contributed by atoms with van der Waals surface area (Å²) >= 11 is 3.33. The molecule has 0 amide bonds. The molecule has 0 radical (unpaired) electrons. The maximum absolute atomic E-state index is 11.0. The minimum Gasteiger partial charge on any atom is -0.382 e. The number of hydrogen-bond donors (Lipinski definition) is 1. The van der Waals surface area contributed by atoms with Crippen LogP contribution in [0.5, 0.6) is 0 Å². The molecule has 0 bridgehead atoms. The summed E-state index contributed by atoms with van der Waals surface area (Å²) in [5.74, 6) is 0.637. The van der Waals surface area contributed by atoms with Gasteiger partial charge in [-0.3, -0.25) is 14.3 Å². The Morgan fingerprint density at radius 2 is 2.16 bits per heavy atom. The standard InChI is InChI=1S/C12H17BrN2O3S/c1-8-6-11(10(13)7-12(8)15(16)17)14-9(2)4-5-19(3)18/h6-7,9,14H,4-5H2,1-3H3. The van der Waals surface area contributed by atoms with Gasteiger partial charge in [-0.15, -0.1) is 0 Å². The van der Waals surface area contributed by atoms with E-state index < -0.39 is 15.7 Å². The minimum atomic E-state index is -0.805. The summed E-state index contributed by atoms with van der Waals surface area (Å²) in [7, 11) is -0.805. The molecule has 1 rings (SSSR count). The van der Waals surface area contributed by atoms with Gasteiger partial charge in [0.05, 0.1) is 4.92 Å². The molecule has 2 unspecified atom stereocenters. The largest absolute Gasteiger partial charge is 0.382 e. The van der Waals surface area contributed by atoms with Crippen molar-refractivity contribution in [3.05, 3.63) is 32.3 Å². The summed E-state index contributed by atoms with van der Waals surface area (Å²) in [6, 6.07) is 3.41. The molecular weight excluding hydrogens is 332 g/mol. The van der Waals surface area contributed by atoms with Crippen molar-refractivity contribution >= 4 is 38.1 Å². The number of benzene rings is 1. The van der Waals surface area contributed by atoms with E-state index in [4.69, 9.17) is 0 Å². The van der Waals surface area contributed by atoms with Crippen LogP contribution in [0.3, 0.4) is 0 Å². The van der Waals surface area contributed by atoms with Crippen LogP contribution in [0.4, 0.5) is 11.4 Å². The Bertz CT molecular complexity index is 508. The highest BCUT2D eigenvalue weighted by Gasteiger charge is 2.15. The predicted molar refractivity (Wildman–Crippen MR) is 82.2 cm³/mol. The molecule has 2 atom stereocenters. The molecule has 0 aliphatic heterocycles. The summed E-state index contributed by atoms with van der Waals surface area (Å²) in [5, 5.41) is 14.1. The Morgan fingerprint density at radius 3 is 2.68 bits per heavy atom. The fraction of sp³-hybridized carbons (Fsp3) is 0.500. The van der Waals surface area contributed by atoms with Crippen molar-refractivity contribution in [1.29, 1.82) is 0 Å². The topological polar surface area (TPSA) is 72.2 Å². The molecule has 0 spiro atoms. The van der Waals surface area contributed by atoms with E-state index in [0.717, 1.165) is 12.1 Å². The summed E-state index contributed by atoms with van der Waals surface area (Å²) in [6.07, 6.45) is 2.46. The van der Waals surface area contributed by atoms with Crippen LogP contribution in [0, 0.1) is 17.0 Å². The van der Waals surface area contributed by atoms with Crippen LogP contribution in [-0.4, -0.2) is 27.2 Å². The van der Waals surface area contributed by atoms with Crippen molar-refractivity contribution in [2.45, 2.75) is 26.3 Å². The van der Waals surface area contributed by atoms with Crippen LogP contribution in [0.15, 0.2) is 16.6 Å². The van der Waals surface area contributed by atoms with Gasteiger partial charge < -0.3 is 5.32 Å². The van der Waals surface area contributed by atoms with Crippen LogP contribution < -0.4 is 5.32 Å². The quantitative estimate of drug-likeness (QED) is 0.632. The molecule has 106 valence electrons. The lowest BCUT2D eigenvalue weighted by molar-refractivity contribution is -0.385. The molecule has 5 nitrogen and oxygen atoms in total. The lowest BCUT2D eigenvalue weighted by Gasteiger charge is -2.16. The Balaban J connectivity index is 2.82. The van der Waals surface area contributed by atoms with Crippen LogP contribution in [0.1, 0.15) is 18.9 Å². The molecule has 0 aliphatic rings. The third kappa shape index (κ3) is 4.91. The second-order valence-electron chi connectivity index (χ2n) is 4.49. The zero-order chi connectivity index (χ0) is 14.6. The number of nitrogens with one attached hydrogen (secondary N) is 1. The van der Waals surface area contributed by atoms with E-state index in [1.54, 1.807) is 19.2 Å².